The van der Waals surface area contributed by atoms with Crippen molar-refractivity contribution in [2.24, 2.45) is 0 Å². The van der Waals surface area contributed by atoms with Crippen LogP contribution in [-0.4, -0.2) is 22.1 Å². The lowest BCUT2D eigenvalue weighted by Crippen LogP contribution is -2.27. The minimum atomic E-state index is -0.0358. The van der Waals surface area contributed by atoms with E-state index >= 15 is 0 Å². The highest BCUT2D eigenvalue weighted by atomic mass is 15.2. The zero-order valence-electron chi connectivity index (χ0n) is 13.1. The van der Waals surface area contributed by atoms with Crippen molar-refractivity contribution in [2.45, 2.75) is 39.2 Å². The van der Waals surface area contributed by atoms with Crippen LogP contribution < -0.4 is 10.6 Å². The summed E-state index contributed by atoms with van der Waals surface area (Å²) in [4.78, 5) is 8.71. The maximum Gasteiger partial charge on any atom is 0.224 e. The fourth-order valence-corrected chi connectivity index (χ4v) is 2.01. The molecule has 0 unspecified atom stereocenters. The average Bonchev–Trinajstić information content (AvgIpc) is 2.43. The van der Waals surface area contributed by atoms with Crippen molar-refractivity contribution in [2.75, 3.05) is 17.2 Å². The molecule has 0 bridgehead atoms. The first kappa shape index (κ1) is 15.3. The third-order valence-corrected chi connectivity index (χ3v) is 2.93. The van der Waals surface area contributed by atoms with Crippen LogP contribution in [-0.2, 0) is 6.42 Å². The smallest absolute Gasteiger partial charge is 0.224 e. The lowest BCUT2D eigenvalue weighted by molar-refractivity contribution is 0.626. The molecule has 0 saturated carbocycles. The molecule has 1 heterocycles. The first-order chi connectivity index (χ1) is 10.0. The fraction of sp³-hybridized carbons (Fsp3) is 0.412. The Balaban J connectivity index is 1.79. The van der Waals surface area contributed by atoms with Gasteiger partial charge in [-0.1, -0.05) is 30.3 Å². The quantitative estimate of drug-likeness (QED) is 0.794. The van der Waals surface area contributed by atoms with E-state index in [0.717, 1.165) is 25.2 Å². The zero-order valence-corrected chi connectivity index (χ0v) is 13.1. The van der Waals surface area contributed by atoms with Gasteiger partial charge in [0.15, 0.2) is 0 Å². The second-order valence-electron chi connectivity index (χ2n) is 6.16. The first-order valence-electron chi connectivity index (χ1n) is 7.42. The van der Waals surface area contributed by atoms with E-state index in [1.165, 1.54) is 5.56 Å². The summed E-state index contributed by atoms with van der Waals surface area (Å²) in [6, 6.07) is 12.4. The van der Waals surface area contributed by atoms with Crippen LogP contribution in [0.3, 0.4) is 0 Å². The van der Waals surface area contributed by atoms with Crippen LogP contribution in [0.4, 0.5) is 11.8 Å². The number of benzene rings is 1. The van der Waals surface area contributed by atoms with Gasteiger partial charge in [-0.05, 0) is 45.2 Å². The number of rotatable bonds is 6. The predicted molar refractivity (Wildman–Crippen MR) is 88.7 cm³/mol. The van der Waals surface area contributed by atoms with Crippen LogP contribution in [0, 0.1) is 0 Å². The van der Waals surface area contributed by atoms with Crippen molar-refractivity contribution >= 4 is 11.8 Å². The summed E-state index contributed by atoms with van der Waals surface area (Å²) in [5, 5.41) is 6.63. The highest BCUT2D eigenvalue weighted by Crippen LogP contribution is 2.12. The van der Waals surface area contributed by atoms with Gasteiger partial charge in [0.1, 0.15) is 5.82 Å². The molecular formula is C17H24N4. The van der Waals surface area contributed by atoms with Crippen LogP contribution >= 0.6 is 0 Å². The van der Waals surface area contributed by atoms with E-state index in [9.17, 15) is 0 Å². The maximum atomic E-state index is 4.47. The largest absolute Gasteiger partial charge is 0.370 e. The van der Waals surface area contributed by atoms with Crippen molar-refractivity contribution in [3.05, 3.63) is 48.2 Å². The second kappa shape index (κ2) is 7.07. The van der Waals surface area contributed by atoms with Gasteiger partial charge in [0.25, 0.3) is 0 Å². The summed E-state index contributed by atoms with van der Waals surface area (Å²) in [5.74, 6) is 1.53. The van der Waals surface area contributed by atoms with Crippen LogP contribution in [0.1, 0.15) is 32.8 Å². The zero-order chi connectivity index (χ0) is 15.1. The molecule has 1 aromatic carbocycles. The molecular weight excluding hydrogens is 260 g/mol. The van der Waals surface area contributed by atoms with Crippen LogP contribution in [0.2, 0.25) is 0 Å². The van der Waals surface area contributed by atoms with Crippen molar-refractivity contribution < 1.29 is 0 Å². The molecule has 2 N–H and O–H groups in total. The lowest BCUT2D eigenvalue weighted by Gasteiger charge is -2.20. The van der Waals surface area contributed by atoms with Gasteiger partial charge >= 0.3 is 0 Å². The van der Waals surface area contributed by atoms with E-state index in [2.05, 4.69) is 65.6 Å². The highest BCUT2D eigenvalue weighted by molar-refractivity contribution is 5.40. The van der Waals surface area contributed by atoms with Gasteiger partial charge in [0.05, 0.1) is 0 Å². The molecule has 0 spiro atoms. The molecule has 4 heteroatoms. The van der Waals surface area contributed by atoms with Gasteiger partial charge in [-0.15, -0.1) is 0 Å². The molecule has 4 nitrogen and oxygen atoms in total. The van der Waals surface area contributed by atoms with Crippen LogP contribution in [0.5, 0.6) is 0 Å². The number of hydrogen-bond donors (Lipinski definition) is 2. The van der Waals surface area contributed by atoms with Gasteiger partial charge in [-0.2, -0.15) is 4.98 Å². The SMILES string of the molecule is CC(C)(C)Nc1nccc(NCCCc2ccccc2)n1. The first-order valence-corrected chi connectivity index (χ1v) is 7.42. The van der Waals surface area contributed by atoms with E-state index in [1.807, 2.05) is 12.1 Å². The second-order valence-corrected chi connectivity index (χ2v) is 6.16. The Morgan fingerprint density at radius 1 is 1.05 bits per heavy atom. The molecule has 0 aliphatic heterocycles. The summed E-state index contributed by atoms with van der Waals surface area (Å²) in [7, 11) is 0. The standard InChI is InChI=1S/C17H24N4/c1-17(2,3)21-16-19-13-11-15(20-16)18-12-7-10-14-8-5-4-6-9-14/h4-6,8-9,11,13H,7,10,12H2,1-3H3,(H2,18,19,20,21). The molecule has 2 aromatic rings. The minimum Gasteiger partial charge on any atom is -0.370 e. The van der Waals surface area contributed by atoms with E-state index in [-0.39, 0.29) is 5.54 Å². The van der Waals surface area contributed by atoms with Crippen molar-refractivity contribution in [3.63, 3.8) is 0 Å². The summed E-state index contributed by atoms with van der Waals surface area (Å²) in [5.41, 5.74) is 1.34. The molecule has 0 atom stereocenters. The number of aryl methyl sites for hydroxylation is 1. The van der Waals surface area contributed by atoms with Gasteiger partial charge < -0.3 is 10.6 Å². The molecule has 2 rings (SSSR count). The van der Waals surface area contributed by atoms with Gasteiger partial charge in [-0.25, -0.2) is 4.98 Å². The van der Waals surface area contributed by atoms with Crippen LogP contribution in [0.15, 0.2) is 42.6 Å². The summed E-state index contributed by atoms with van der Waals surface area (Å²) >= 11 is 0. The third-order valence-electron chi connectivity index (χ3n) is 2.93. The molecule has 21 heavy (non-hydrogen) atoms. The molecule has 1 aromatic heterocycles. The molecule has 0 aliphatic rings. The molecule has 0 fully saturated rings. The normalized spacial score (nSPS) is 11.2. The van der Waals surface area contributed by atoms with E-state index in [4.69, 9.17) is 0 Å². The van der Waals surface area contributed by atoms with Crippen molar-refractivity contribution in [1.29, 1.82) is 0 Å². The number of nitrogens with one attached hydrogen (secondary N) is 2. The molecule has 0 aliphatic carbocycles. The molecule has 112 valence electrons. The Kier molecular flexibility index (Phi) is 5.14. The molecule has 0 saturated heterocycles. The van der Waals surface area contributed by atoms with Crippen molar-refractivity contribution in [1.82, 2.24) is 9.97 Å². The summed E-state index contributed by atoms with van der Waals surface area (Å²) < 4.78 is 0. The molecule has 0 amide bonds. The molecule has 0 radical (unpaired) electrons. The van der Waals surface area contributed by atoms with Crippen LogP contribution in [0.25, 0.3) is 0 Å². The topological polar surface area (TPSA) is 49.8 Å². The Morgan fingerprint density at radius 2 is 1.81 bits per heavy atom. The highest BCUT2D eigenvalue weighted by Gasteiger charge is 2.11. The van der Waals surface area contributed by atoms with E-state index in [0.29, 0.717) is 5.95 Å². The fourth-order valence-electron chi connectivity index (χ4n) is 2.01. The van der Waals surface area contributed by atoms with Gasteiger partial charge in [0, 0.05) is 18.3 Å². The summed E-state index contributed by atoms with van der Waals surface area (Å²) in [6.07, 6.45) is 3.93. The minimum absolute atomic E-state index is 0.0358. The number of nitrogens with zero attached hydrogens (tertiary/aromatic N) is 2. The lowest BCUT2D eigenvalue weighted by atomic mass is 10.1. The Morgan fingerprint density at radius 3 is 2.52 bits per heavy atom. The average molecular weight is 284 g/mol. The Hall–Kier alpha value is -2.10. The predicted octanol–water partition coefficient (Wildman–Crippen LogP) is 3.73. The maximum absolute atomic E-state index is 4.47. The van der Waals surface area contributed by atoms with Crippen molar-refractivity contribution in [3.8, 4) is 0 Å². The van der Waals surface area contributed by atoms with Gasteiger partial charge in [0.2, 0.25) is 5.95 Å². The number of anilines is 2. The monoisotopic (exact) mass is 284 g/mol. The van der Waals surface area contributed by atoms with E-state index in [1.54, 1.807) is 6.20 Å². The summed E-state index contributed by atoms with van der Waals surface area (Å²) in [6.45, 7) is 7.18. The Labute approximate surface area is 127 Å². The number of aromatic nitrogens is 2. The third kappa shape index (κ3) is 5.81. The van der Waals surface area contributed by atoms with Gasteiger partial charge in [-0.3, -0.25) is 0 Å². The number of hydrogen-bond acceptors (Lipinski definition) is 4. The Bertz CT molecular complexity index is 546. The van der Waals surface area contributed by atoms with E-state index < -0.39 is 0 Å².